The summed E-state index contributed by atoms with van der Waals surface area (Å²) < 4.78 is 0. The number of nitrogens with zero attached hydrogens (tertiary/aromatic N) is 3. The number of amides is 2. The monoisotopic (exact) mass is 434 g/mol. The molecule has 0 saturated carbocycles. The van der Waals surface area contributed by atoms with Crippen LogP contribution in [0.3, 0.4) is 0 Å². The molecule has 0 aromatic carbocycles. The van der Waals surface area contributed by atoms with Crippen molar-refractivity contribution < 1.29 is 9.59 Å². The molecule has 0 bridgehead atoms. The van der Waals surface area contributed by atoms with Crippen molar-refractivity contribution >= 4 is 48.4 Å². The molecular weight excluding hydrogens is 407 g/mol. The Labute approximate surface area is 177 Å². The molecule has 9 heteroatoms. The molecule has 0 radical (unpaired) electrons. The van der Waals surface area contributed by atoms with Crippen LogP contribution in [0.25, 0.3) is 0 Å². The van der Waals surface area contributed by atoms with E-state index in [2.05, 4.69) is 10.3 Å². The molecule has 27 heavy (non-hydrogen) atoms. The summed E-state index contributed by atoms with van der Waals surface area (Å²) in [5, 5.41) is 3.74. The summed E-state index contributed by atoms with van der Waals surface area (Å²) in [5.41, 5.74) is 0.607. The predicted octanol–water partition coefficient (Wildman–Crippen LogP) is 2.46. The molecule has 6 nitrogen and oxygen atoms in total. The first-order valence-electron chi connectivity index (χ1n) is 9.07. The highest BCUT2D eigenvalue weighted by Gasteiger charge is 2.27. The summed E-state index contributed by atoms with van der Waals surface area (Å²) in [4.78, 5) is 33.7. The van der Waals surface area contributed by atoms with Crippen molar-refractivity contribution in [1.29, 1.82) is 0 Å². The summed E-state index contributed by atoms with van der Waals surface area (Å²) in [6.07, 6.45) is 4.81. The zero-order chi connectivity index (χ0) is 17.6. The van der Waals surface area contributed by atoms with Crippen LogP contribution in [0, 0.1) is 0 Å². The molecule has 2 fully saturated rings. The van der Waals surface area contributed by atoms with Gasteiger partial charge in [-0.15, -0.1) is 24.8 Å². The van der Waals surface area contributed by atoms with E-state index in [1.165, 1.54) is 11.8 Å². The third kappa shape index (κ3) is 6.24. The molecule has 3 heterocycles. The highest BCUT2D eigenvalue weighted by Crippen LogP contribution is 2.27. The number of pyridine rings is 1. The largest absolute Gasteiger partial charge is 0.342 e. The highest BCUT2D eigenvalue weighted by atomic mass is 35.5. The molecule has 1 atom stereocenters. The second-order valence-corrected chi connectivity index (χ2v) is 7.87. The standard InChI is InChI=1S/C18H26N4O2S.2ClH/c1-14(17(23)21-10-2-3-11-21)25-16-15(6-4-8-20-16)18(24)22-12-5-7-19-9-13-22;;/h4,6,8,14,19H,2-3,5,7,9-13H2,1H3;2*1H. The molecule has 1 N–H and O–H groups in total. The quantitative estimate of drug-likeness (QED) is 0.737. The third-order valence-corrected chi connectivity index (χ3v) is 5.79. The van der Waals surface area contributed by atoms with E-state index in [1.807, 2.05) is 22.8 Å². The fourth-order valence-electron chi connectivity index (χ4n) is 3.28. The molecule has 2 amide bonds. The molecule has 1 aromatic heterocycles. The van der Waals surface area contributed by atoms with Crippen LogP contribution < -0.4 is 5.32 Å². The van der Waals surface area contributed by atoms with E-state index in [-0.39, 0.29) is 41.9 Å². The van der Waals surface area contributed by atoms with E-state index in [4.69, 9.17) is 0 Å². The minimum absolute atomic E-state index is 0. The Morgan fingerprint density at radius 3 is 2.52 bits per heavy atom. The van der Waals surface area contributed by atoms with Gasteiger partial charge in [0.1, 0.15) is 5.03 Å². The zero-order valence-corrected chi connectivity index (χ0v) is 18.0. The molecular formula is C18H28Cl2N4O2S. The fourth-order valence-corrected chi connectivity index (χ4v) is 4.27. The van der Waals surface area contributed by atoms with Crippen molar-refractivity contribution in [2.75, 3.05) is 39.3 Å². The summed E-state index contributed by atoms with van der Waals surface area (Å²) in [5.74, 6) is 0.158. The van der Waals surface area contributed by atoms with E-state index in [9.17, 15) is 9.59 Å². The van der Waals surface area contributed by atoms with E-state index in [0.717, 1.165) is 52.0 Å². The first-order chi connectivity index (χ1) is 12.2. The van der Waals surface area contributed by atoms with Crippen LogP contribution in [-0.2, 0) is 4.79 Å². The predicted molar refractivity (Wildman–Crippen MR) is 113 cm³/mol. The van der Waals surface area contributed by atoms with Crippen molar-refractivity contribution in [1.82, 2.24) is 20.1 Å². The van der Waals surface area contributed by atoms with Gasteiger partial charge in [0.2, 0.25) is 5.91 Å². The van der Waals surface area contributed by atoms with Crippen LogP contribution in [0.1, 0.15) is 36.5 Å². The first-order valence-corrected chi connectivity index (χ1v) is 9.95. The fraction of sp³-hybridized carbons (Fsp3) is 0.611. The average molecular weight is 435 g/mol. The molecule has 2 aliphatic heterocycles. The van der Waals surface area contributed by atoms with Crippen molar-refractivity contribution in [2.45, 2.75) is 36.5 Å². The van der Waals surface area contributed by atoms with Gasteiger partial charge in [-0.1, -0.05) is 11.8 Å². The third-order valence-electron chi connectivity index (χ3n) is 4.68. The Morgan fingerprint density at radius 2 is 1.78 bits per heavy atom. The number of thioether (sulfide) groups is 1. The van der Waals surface area contributed by atoms with Crippen molar-refractivity contribution in [3.8, 4) is 0 Å². The van der Waals surface area contributed by atoms with E-state index >= 15 is 0 Å². The van der Waals surface area contributed by atoms with Gasteiger partial charge in [0.25, 0.3) is 5.91 Å². The van der Waals surface area contributed by atoms with Crippen molar-refractivity contribution in [2.24, 2.45) is 0 Å². The Balaban J connectivity index is 0.00000182. The number of hydrogen-bond donors (Lipinski definition) is 1. The summed E-state index contributed by atoms with van der Waals surface area (Å²) in [6, 6.07) is 3.61. The van der Waals surface area contributed by atoms with Gasteiger partial charge in [0, 0.05) is 38.9 Å². The molecule has 0 aliphatic carbocycles. The summed E-state index contributed by atoms with van der Waals surface area (Å²) in [7, 11) is 0. The summed E-state index contributed by atoms with van der Waals surface area (Å²) in [6.45, 7) is 6.83. The number of hydrogen-bond acceptors (Lipinski definition) is 5. The SMILES string of the molecule is CC(Sc1ncccc1C(=O)N1CCCNCC1)C(=O)N1CCCC1.Cl.Cl. The van der Waals surface area contributed by atoms with Gasteiger partial charge in [0.15, 0.2) is 0 Å². The second kappa shape index (κ2) is 11.7. The maximum atomic E-state index is 12.9. The molecule has 152 valence electrons. The molecule has 1 aromatic rings. The number of carbonyl (C=O) groups excluding carboxylic acids is 2. The number of rotatable bonds is 4. The van der Waals surface area contributed by atoms with Crippen molar-refractivity contribution in [3.05, 3.63) is 23.9 Å². The number of aromatic nitrogens is 1. The van der Waals surface area contributed by atoms with Crippen LogP contribution in [0.15, 0.2) is 23.4 Å². The van der Waals surface area contributed by atoms with Gasteiger partial charge < -0.3 is 15.1 Å². The Bertz CT molecular complexity index is 621. The van der Waals surface area contributed by atoms with E-state index in [0.29, 0.717) is 17.1 Å². The highest BCUT2D eigenvalue weighted by molar-refractivity contribution is 8.00. The lowest BCUT2D eigenvalue weighted by molar-refractivity contribution is -0.129. The van der Waals surface area contributed by atoms with Gasteiger partial charge in [-0.2, -0.15) is 0 Å². The molecule has 0 spiro atoms. The zero-order valence-electron chi connectivity index (χ0n) is 15.6. The Kier molecular flexibility index (Phi) is 10.4. The first kappa shape index (κ1) is 24.0. The van der Waals surface area contributed by atoms with Crippen LogP contribution in [0.2, 0.25) is 0 Å². The van der Waals surface area contributed by atoms with Gasteiger partial charge in [0.05, 0.1) is 10.8 Å². The Morgan fingerprint density at radius 1 is 1.07 bits per heavy atom. The normalized spacial score (nSPS) is 18.1. The van der Waals surface area contributed by atoms with Gasteiger partial charge in [-0.3, -0.25) is 9.59 Å². The maximum Gasteiger partial charge on any atom is 0.256 e. The van der Waals surface area contributed by atoms with Gasteiger partial charge in [-0.25, -0.2) is 4.98 Å². The topological polar surface area (TPSA) is 65.5 Å². The number of nitrogens with one attached hydrogen (secondary N) is 1. The lowest BCUT2D eigenvalue weighted by Gasteiger charge is -2.23. The van der Waals surface area contributed by atoms with E-state index in [1.54, 1.807) is 12.3 Å². The van der Waals surface area contributed by atoms with Crippen LogP contribution in [0.4, 0.5) is 0 Å². The molecule has 2 aliphatic rings. The molecule has 2 saturated heterocycles. The lowest BCUT2D eigenvalue weighted by atomic mass is 10.2. The van der Waals surface area contributed by atoms with Crippen LogP contribution >= 0.6 is 36.6 Å². The maximum absolute atomic E-state index is 12.9. The van der Waals surface area contributed by atoms with Gasteiger partial charge >= 0.3 is 0 Å². The minimum Gasteiger partial charge on any atom is -0.342 e. The molecule has 1 unspecified atom stereocenters. The number of halogens is 2. The second-order valence-electron chi connectivity index (χ2n) is 6.54. The smallest absolute Gasteiger partial charge is 0.256 e. The number of likely N-dealkylation sites (tertiary alicyclic amines) is 1. The van der Waals surface area contributed by atoms with Crippen LogP contribution in [-0.4, -0.2) is 71.1 Å². The minimum atomic E-state index is -0.231. The average Bonchev–Trinajstić information content (AvgIpc) is 3.03. The van der Waals surface area contributed by atoms with Gasteiger partial charge in [-0.05, 0) is 44.9 Å². The lowest BCUT2D eigenvalue weighted by Crippen LogP contribution is -2.35. The molecule has 3 rings (SSSR count). The van der Waals surface area contributed by atoms with Crippen LogP contribution in [0.5, 0.6) is 0 Å². The number of carbonyl (C=O) groups is 2. The summed E-state index contributed by atoms with van der Waals surface area (Å²) >= 11 is 1.40. The van der Waals surface area contributed by atoms with Crippen molar-refractivity contribution in [3.63, 3.8) is 0 Å². The Hall–Kier alpha value is -1.02. The van der Waals surface area contributed by atoms with E-state index < -0.39 is 0 Å².